The van der Waals surface area contributed by atoms with Gasteiger partial charge in [0.2, 0.25) is 23.6 Å². The van der Waals surface area contributed by atoms with Gasteiger partial charge >= 0.3 is 5.97 Å². The SMILES string of the molecule is CC(C)C(N)C(=O)NC(CCC(N)=O)C(=O)NC(C(=O)NC(C(=O)O)C(C)C)C(C)C. The number of nitrogens with one attached hydrogen (secondary N) is 3. The van der Waals surface area contributed by atoms with Crippen LogP contribution in [0.25, 0.3) is 0 Å². The Morgan fingerprint density at radius 2 is 1.23 bits per heavy atom. The van der Waals surface area contributed by atoms with Gasteiger partial charge in [-0.05, 0) is 24.2 Å². The lowest BCUT2D eigenvalue weighted by Crippen LogP contribution is -2.59. The average molecular weight is 444 g/mol. The van der Waals surface area contributed by atoms with Gasteiger partial charge in [-0.3, -0.25) is 19.2 Å². The van der Waals surface area contributed by atoms with Crippen molar-refractivity contribution < 1.29 is 29.1 Å². The first-order valence-corrected chi connectivity index (χ1v) is 10.4. The van der Waals surface area contributed by atoms with Crippen LogP contribution in [0.3, 0.4) is 0 Å². The van der Waals surface area contributed by atoms with E-state index < -0.39 is 53.8 Å². The van der Waals surface area contributed by atoms with Gasteiger partial charge in [0, 0.05) is 6.42 Å². The number of carbonyl (C=O) groups excluding carboxylic acids is 4. The van der Waals surface area contributed by atoms with Crippen molar-refractivity contribution >= 4 is 29.6 Å². The molecule has 0 bridgehead atoms. The highest BCUT2D eigenvalue weighted by atomic mass is 16.4. The van der Waals surface area contributed by atoms with Crippen LogP contribution in [-0.4, -0.2) is 58.9 Å². The monoisotopic (exact) mass is 443 g/mol. The van der Waals surface area contributed by atoms with Gasteiger partial charge < -0.3 is 32.5 Å². The standard InChI is InChI=1S/C20H37N5O6/c1-9(2)14(22)18(28)23-12(7-8-13(21)26)17(27)24-15(10(3)4)19(29)25-16(11(5)6)20(30)31/h9-12,14-16H,7-8,22H2,1-6H3,(H2,21,26)(H,23,28)(H,24,27)(H,25,29)(H,30,31). The van der Waals surface area contributed by atoms with Crippen LogP contribution in [-0.2, 0) is 24.0 Å². The number of carboxylic acids is 1. The molecule has 0 radical (unpaired) electrons. The van der Waals surface area contributed by atoms with Crippen molar-refractivity contribution in [1.82, 2.24) is 16.0 Å². The first-order chi connectivity index (χ1) is 14.2. The molecule has 0 aliphatic rings. The molecule has 11 nitrogen and oxygen atoms in total. The van der Waals surface area contributed by atoms with Gasteiger partial charge in [-0.1, -0.05) is 41.5 Å². The van der Waals surface area contributed by atoms with E-state index in [-0.39, 0.29) is 30.6 Å². The van der Waals surface area contributed by atoms with Crippen LogP contribution >= 0.6 is 0 Å². The maximum atomic E-state index is 12.8. The van der Waals surface area contributed by atoms with E-state index in [9.17, 15) is 29.1 Å². The number of carbonyl (C=O) groups is 5. The number of primary amides is 1. The average Bonchev–Trinajstić information content (AvgIpc) is 2.64. The zero-order valence-electron chi connectivity index (χ0n) is 19.1. The van der Waals surface area contributed by atoms with Crippen LogP contribution in [0.2, 0.25) is 0 Å². The van der Waals surface area contributed by atoms with E-state index in [0.29, 0.717) is 0 Å². The molecule has 0 rings (SSSR count). The number of amides is 4. The molecule has 31 heavy (non-hydrogen) atoms. The molecule has 0 aromatic heterocycles. The molecule has 0 aromatic rings. The van der Waals surface area contributed by atoms with Crippen molar-refractivity contribution in [2.75, 3.05) is 0 Å². The number of hydrogen-bond acceptors (Lipinski definition) is 6. The maximum absolute atomic E-state index is 12.8. The molecule has 0 saturated heterocycles. The molecular formula is C20H37N5O6. The first-order valence-electron chi connectivity index (χ1n) is 10.4. The van der Waals surface area contributed by atoms with Crippen LogP contribution < -0.4 is 27.4 Å². The number of rotatable bonds is 13. The molecule has 0 aliphatic carbocycles. The number of aliphatic carboxylic acids is 1. The van der Waals surface area contributed by atoms with E-state index >= 15 is 0 Å². The number of hydrogen-bond donors (Lipinski definition) is 6. The van der Waals surface area contributed by atoms with Crippen LogP contribution in [0, 0.1) is 17.8 Å². The molecule has 8 N–H and O–H groups in total. The van der Waals surface area contributed by atoms with Gasteiger partial charge in [0.1, 0.15) is 18.1 Å². The van der Waals surface area contributed by atoms with Gasteiger partial charge in [0.25, 0.3) is 0 Å². The summed E-state index contributed by atoms with van der Waals surface area (Å²) in [6.07, 6.45) is -0.240. The van der Waals surface area contributed by atoms with Crippen LogP contribution in [0.15, 0.2) is 0 Å². The van der Waals surface area contributed by atoms with E-state index in [1.807, 2.05) is 0 Å². The van der Waals surface area contributed by atoms with Crippen LogP contribution in [0.5, 0.6) is 0 Å². The third kappa shape index (κ3) is 9.77. The predicted molar refractivity (Wildman–Crippen MR) is 114 cm³/mol. The van der Waals surface area contributed by atoms with E-state index in [4.69, 9.17) is 11.5 Å². The quantitative estimate of drug-likeness (QED) is 0.212. The number of carboxylic acid groups (broad SMARTS) is 1. The van der Waals surface area contributed by atoms with Gasteiger partial charge in [0.15, 0.2) is 0 Å². The summed E-state index contributed by atoms with van der Waals surface area (Å²) in [6, 6.07) is -4.19. The van der Waals surface area contributed by atoms with E-state index in [0.717, 1.165) is 0 Å². The van der Waals surface area contributed by atoms with Crippen molar-refractivity contribution in [3.63, 3.8) is 0 Å². The molecule has 4 atom stereocenters. The fraction of sp³-hybridized carbons (Fsp3) is 0.750. The second kappa shape index (κ2) is 12.9. The molecule has 0 fully saturated rings. The summed E-state index contributed by atoms with van der Waals surface area (Å²) in [6.45, 7) is 10.2. The van der Waals surface area contributed by atoms with Gasteiger partial charge in [-0.25, -0.2) is 4.79 Å². The molecule has 0 aromatic carbocycles. The van der Waals surface area contributed by atoms with Gasteiger partial charge in [-0.2, -0.15) is 0 Å². The van der Waals surface area contributed by atoms with Crippen molar-refractivity contribution in [3.8, 4) is 0 Å². The van der Waals surface area contributed by atoms with Crippen molar-refractivity contribution in [2.45, 2.75) is 78.6 Å². The zero-order chi connectivity index (χ0) is 24.5. The smallest absolute Gasteiger partial charge is 0.326 e. The molecule has 11 heteroatoms. The molecule has 178 valence electrons. The Morgan fingerprint density at radius 3 is 1.61 bits per heavy atom. The largest absolute Gasteiger partial charge is 0.480 e. The molecule has 0 saturated carbocycles. The van der Waals surface area contributed by atoms with E-state index in [2.05, 4.69) is 16.0 Å². The summed E-state index contributed by atoms with van der Waals surface area (Å²) in [7, 11) is 0. The Labute approximate surface area is 183 Å². The lowest BCUT2D eigenvalue weighted by molar-refractivity contribution is -0.143. The van der Waals surface area contributed by atoms with Crippen LogP contribution in [0.4, 0.5) is 0 Å². The highest BCUT2D eigenvalue weighted by molar-refractivity contribution is 5.94. The first kappa shape index (κ1) is 28.3. The Balaban J connectivity index is 5.49. The van der Waals surface area contributed by atoms with Crippen molar-refractivity contribution in [3.05, 3.63) is 0 Å². The lowest BCUT2D eigenvalue weighted by Gasteiger charge is -2.28. The fourth-order valence-electron chi connectivity index (χ4n) is 2.67. The molecule has 4 amide bonds. The Kier molecular flexibility index (Phi) is 11.8. The second-order valence-corrected chi connectivity index (χ2v) is 8.63. The zero-order valence-corrected chi connectivity index (χ0v) is 19.1. The molecule has 0 aliphatic heterocycles. The summed E-state index contributed by atoms with van der Waals surface area (Å²) in [5.41, 5.74) is 11.0. The summed E-state index contributed by atoms with van der Waals surface area (Å²) in [5.74, 6) is -4.71. The van der Waals surface area contributed by atoms with Crippen LogP contribution in [0.1, 0.15) is 54.4 Å². The highest BCUT2D eigenvalue weighted by Gasteiger charge is 2.33. The van der Waals surface area contributed by atoms with E-state index in [1.165, 1.54) is 0 Å². The topological polar surface area (TPSA) is 194 Å². The highest BCUT2D eigenvalue weighted by Crippen LogP contribution is 2.08. The lowest BCUT2D eigenvalue weighted by atomic mass is 9.99. The van der Waals surface area contributed by atoms with Gasteiger partial charge in [-0.15, -0.1) is 0 Å². The summed E-state index contributed by atoms with van der Waals surface area (Å²) >= 11 is 0. The minimum atomic E-state index is -1.19. The van der Waals surface area contributed by atoms with Crippen molar-refractivity contribution in [2.24, 2.45) is 29.2 Å². The normalized spacial score (nSPS) is 15.2. The summed E-state index contributed by atoms with van der Waals surface area (Å²) < 4.78 is 0. The Morgan fingerprint density at radius 1 is 0.742 bits per heavy atom. The Bertz CT molecular complexity index is 664. The summed E-state index contributed by atoms with van der Waals surface area (Å²) in [5, 5.41) is 16.8. The Hall–Kier alpha value is -2.69. The maximum Gasteiger partial charge on any atom is 0.326 e. The van der Waals surface area contributed by atoms with Gasteiger partial charge in [0.05, 0.1) is 6.04 Å². The predicted octanol–water partition coefficient (Wildman–Crippen LogP) is -0.914. The number of nitrogens with two attached hydrogens (primary N) is 2. The molecule has 4 unspecified atom stereocenters. The minimum Gasteiger partial charge on any atom is -0.480 e. The second-order valence-electron chi connectivity index (χ2n) is 8.63. The molecule has 0 spiro atoms. The third-order valence-electron chi connectivity index (χ3n) is 4.81. The molecular weight excluding hydrogens is 406 g/mol. The molecule has 0 heterocycles. The summed E-state index contributed by atoms with van der Waals surface area (Å²) in [4.78, 5) is 60.4. The minimum absolute atomic E-state index is 0.0755. The van der Waals surface area contributed by atoms with E-state index in [1.54, 1.807) is 41.5 Å². The van der Waals surface area contributed by atoms with Crippen molar-refractivity contribution in [1.29, 1.82) is 0 Å². The third-order valence-corrected chi connectivity index (χ3v) is 4.81. The fourth-order valence-corrected chi connectivity index (χ4v) is 2.67.